The number of nitrogens with one attached hydrogen (secondary N) is 1. The zero-order valence-electron chi connectivity index (χ0n) is 9.65. The Bertz CT molecular complexity index is 648. The lowest BCUT2D eigenvalue weighted by atomic mass is 10.2. The molecule has 1 atom stereocenters. The normalized spacial score (nSPS) is 20.1. The average molecular weight is 282 g/mol. The first-order valence-corrected chi connectivity index (χ1v) is 7.05. The van der Waals surface area contributed by atoms with E-state index in [-0.39, 0.29) is 17.0 Å². The fourth-order valence-electron chi connectivity index (χ4n) is 1.65. The van der Waals surface area contributed by atoms with Gasteiger partial charge in [0.05, 0.1) is 16.7 Å². The van der Waals surface area contributed by atoms with Crippen LogP contribution in [0.4, 0.5) is 5.69 Å². The zero-order chi connectivity index (χ0) is 14.0. The first-order chi connectivity index (χ1) is 8.87. The van der Waals surface area contributed by atoms with Gasteiger partial charge in [0.1, 0.15) is 0 Å². The second kappa shape index (κ2) is 4.81. The maximum absolute atomic E-state index is 11.8. The molecule has 0 unspecified atom stereocenters. The van der Waals surface area contributed by atoms with Gasteiger partial charge in [0.2, 0.25) is 0 Å². The Labute approximate surface area is 109 Å². The van der Waals surface area contributed by atoms with E-state index in [9.17, 15) is 23.3 Å². The summed E-state index contributed by atoms with van der Waals surface area (Å²) in [5.74, 6) is -0.632. The lowest BCUT2D eigenvalue weighted by Crippen LogP contribution is -2.35. The summed E-state index contributed by atoms with van der Waals surface area (Å²) < 4.78 is 22.3. The number of rotatable bonds is 3. The standard InChI is InChI=1S/C11H10N2O5S/c14-11(12-9-5-6-19(17,18)7-9)8-1-3-10(4-2-8)13(15)16/h1-6,9H,7H2,(H,12,14)/t9-/m0/s1. The Morgan fingerprint density at radius 2 is 1.95 bits per heavy atom. The Balaban J connectivity index is 2.05. The highest BCUT2D eigenvalue weighted by atomic mass is 32.2. The van der Waals surface area contributed by atoms with Crippen LogP contribution in [0.3, 0.4) is 0 Å². The number of carbonyl (C=O) groups excluding carboxylic acids is 1. The maximum atomic E-state index is 11.8. The van der Waals surface area contributed by atoms with E-state index < -0.39 is 26.7 Å². The molecule has 2 rings (SSSR count). The van der Waals surface area contributed by atoms with Gasteiger partial charge >= 0.3 is 0 Å². The van der Waals surface area contributed by atoms with E-state index in [1.165, 1.54) is 30.3 Å². The van der Waals surface area contributed by atoms with E-state index in [0.717, 1.165) is 5.41 Å². The van der Waals surface area contributed by atoms with Crippen LogP contribution in [0.1, 0.15) is 10.4 Å². The minimum Gasteiger partial charge on any atom is -0.345 e. The third kappa shape index (κ3) is 3.16. The van der Waals surface area contributed by atoms with Crippen molar-refractivity contribution in [3.05, 3.63) is 51.4 Å². The van der Waals surface area contributed by atoms with Crippen LogP contribution in [0.25, 0.3) is 0 Å². The third-order valence-electron chi connectivity index (χ3n) is 2.59. The number of carbonyl (C=O) groups is 1. The molecule has 0 radical (unpaired) electrons. The molecule has 100 valence electrons. The largest absolute Gasteiger partial charge is 0.345 e. The van der Waals surface area contributed by atoms with Gasteiger partial charge in [-0.3, -0.25) is 14.9 Å². The van der Waals surface area contributed by atoms with Crippen LogP contribution < -0.4 is 5.32 Å². The number of nitro benzene ring substituents is 1. The molecule has 1 aliphatic heterocycles. The molecule has 0 aliphatic carbocycles. The van der Waals surface area contributed by atoms with Gasteiger partial charge in [0.25, 0.3) is 11.6 Å². The van der Waals surface area contributed by atoms with Gasteiger partial charge in [-0.05, 0) is 18.2 Å². The Morgan fingerprint density at radius 3 is 2.42 bits per heavy atom. The van der Waals surface area contributed by atoms with E-state index in [1.807, 2.05) is 0 Å². The van der Waals surface area contributed by atoms with Crippen molar-refractivity contribution in [1.82, 2.24) is 5.32 Å². The second-order valence-electron chi connectivity index (χ2n) is 4.04. The number of nitro groups is 1. The van der Waals surface area contributed by atoms with E-state index in [1.54, 1.807) is 0 Å². The molecule has 0 fully saturated rings. The Morgan fingerprint density at radius 1 is 1.32 bits per heavy atom. The molecule has 1 heterocycles. The molecular formula is C11H10N2O5S. The number of sulfone groups is 1. The minimum atomic E-state index is -3.23. The number of nitrogens with zero attached hydrogens (tertiary/aromatic N) is 1. The van der Waals surface area contributed by atoms with Gasteiger partial charge in [-0.15, -0.1) is 0 Å². The monoisotopic (exact) mass is 282 g/mol. The van der Waals surface area contributed by atoms with Crippen molar-refractivity contribution in [2.24, 2.45) is 0 Å². The molecule has 7 nitrogen and oxygen atoms in total. The molecular weight excluding hydrogens is 272 g/mol. The van der Waals surface area contributed by atoms with Crippen LogP contribution >= 0.6 is 0 Å². The molecule has 8 heteroatoms. The van der Waals surface area contributed by atoms with E-state index in [0.29, 0.717) is 0 Å². The fourth-order valence-corrected chi connectivity index (χ4v) is 2.89. The topological polar surface area (TPSA) is 106 Å². The number of amides is 1. The number of non-ortho nitro benzene ring substituents is 1. The first kappa shape index (κ1) is 13.2. The molecule has 0 saturated heterocycles. The second-order valence-corrected chi connectivity index (χ2v) is 5.97. The molecule has 1 aromatic carbocycles. The predicted molar refractivity (Wildman–Crippen MR) is 67.3 cm³/mol. The number of hydrogen-bond acceptors (Lipinski definition) is 5. The van der Waals surface area contributed by atoms with Crippen LogP contribution in [0.2, 0.25) is 0 Å². The highest BCUT2D eigenvalue weighted by Gasteiger charge is 2.23. The zero-order valence-corrected chi connectivity index (χ0v) is 10.5. The number of hydrogen-bond donors (Lipinski definition) is 1. The van der Waals surface area contributed by atoms with Crippen molar-refractivity contribution in [2.45, 2.75) is 6.04 Å². The summed E-state index contributed by atoms with van der Waals surface area (Å²) in [5, 5.41) is 14.0. The lowest BCUT2D eigenvalue weighted by molar-refractivity contribution is -0.384. The van der Waals surface area contributed by atoms with Gasteiger partial charge in [-0.25, -0.2) is 8.42 Å². The molecule has 1 amide bonds. The SMILES string of the molecule is O=C(N[C@H]1C=CS(=O)(=O)C1)c1ccc([N+](=O)[O-])cc1. The van der Waals surface area contributed by atoms with Crippen molar-refractivity contribution in [1.29, 1.82) is 0 Å². The molecule has 0 spiro atoms. The van der Waals surface area contributed by atoms with Crippen molar-refractivity contribution >= 4 is 21.4 Å². The molecule has 1 aromatic rings. The Hall–Kier alpha value is -2.22. The predicted octanol–water partition coefficient (Wildman–Crippen LogP) is 0.635. The van der Waals surface area contributed by atoms with E-state index in [4.69, 9.17) is 0 Å². The molecule has 0 bridgehead atoms. The van der Waals surface area contributed by atoms with Crippen LogP contribution in [-0.4, -0.2) is 31.0 Å². The summed E-state index contributed by atoms with van der Waals surface area (Å²) in [7, 11) is -3.23. The van der Waals surface area contributed by atoms with Gasteiger partial charge in [-0.1, -0.05) is 0 Å². The van der Waals surface area contributed by atoms with Crippen molar-refractivity contribution in [3.8, 4) is 0 Å². The fraction of sp³-hybridized carbons (Fsp3) is 0.182. The van der Waals surface area contributed by atoms with Crippen LogP contribution in [0.5, 0.6) is 0 Å². The molecule has 1 aliphatic rings. The summed E-state index contributed by atoms with van der Waals surface area (Å²) in [6.45, 7) is 0. The van der Waals surface area contributed by atoms with Crippen LogP contribution in [-0.2, 0) is 9.84 Å². The summed E-state index contributed by atoms with van der Waals surface area (Å²) in [6.07, 6.45) is 1.40. The summed E-state index contributed by atoms with van der Waals surface area (Å²) in [6, 6.07) is 4.51. The van der Waals surface area contributed by atoms with Gasteiger partial charge in [0, 0.05) is 23.1 Å². The van der Waals surface area contributed by atoms with Gasteiger partial charge in [-0.2, -0.15) is 0 Å². The smallest absolute Gasteiger partial charge is 0.269 e. The molecule has 0 saturated carbocycles. The quantitative estimate of drug-likeness (QED) is 0.646. The summed E-state index contributed by atoms with van der Waals surface area (Å²) in [5.41, 5.74) is 0.128. The van der Waals surface area contributed by atoms with E-state index in [2.05, 4.69) is 5.32 Å². The molecule has 1 N–H and O–H groups in total. The molecule has 0 aromatic heterocycles. The average Bonchev–Trinajstić information content (AvgIpc) is 2.68. The highest BCUT2D eigenvalue weighted by molar-refractivity contribution is 7.94. The number of benzene rings is 1. The van der Waals surface area contributed by atoms with E-state index >= 15 is 0 Å². The highest BCUT2D eigenvalue weighted by Crippen LogP contribution is 2.13. The van der Waals surface area contributed by atoms with Crippen LogP contribution in [0.15, 0.2) is 35.7 Å². The van der Waals surface area contributed by atoms with Crippen LogP contribution in [0, 0.1) is 10.1 Å². The Kier molecular flexibility index (Phi) is 3.34. The van der Waals surface area contributed by atoms with Crippen molar-refractivity contribution < 1.29 is 18.1 Å². The van der Waals surface area contributed by atoms with Crippen molar-refractivity contribution in [2.75, 3.05) is 5.75 Å². The molecule has 19 heavy (non-hydrogen) atoms. The summed E-state index contributed by atoms with van der Waals surface area (Å²) >= 11 is 0. The third-order valence-corrected chi connectivity index (χ3v) is 3.98. The summed E-state index contributed by atoms with van der Waals surface area (Å²) in [4.78, 5) is 21.7. The first-order valence-electron chi connectivity index (χ1n) is 5.34. The van der Waals surface area contributed by atoms with Gasteiger partial charge < -0.3 is 5.32 Å². The maximum Gasteiger partial charge on any atom is 0.269 e. The minimum absolute atomic E-state index is 0.111. The lowest BCUT2D eigenvalue weighted by Gasteiger charge is -2.09. The van der Waals surface area contributed by atoms with Gasteiger partial charge in [0.15, 0.2) is 9.84 Å². The van der Waals surface area contributed by atoms with Crippen molar-refractivity contribution in [3.63, 3.8) is 0 Å².